The summed E-state index contributed by atoms with van der Waals surface area (Å²) >= 11 is 0. The minimum Gasteiger partial charge on any atom is -0.338 e. The first-order valence-corrected chi connectivity index (χ1v) is 13.2. The maximum absolute atomic E-state index is 11.8. The quantitative estimate of drug-likeness (QED) is 0.213. The number of unbranched alkanes of at least 4 members (excludes halogenated alkanes) is 8. The summed E-state index contributed by atoms with van der Waals surface area (Å²) in [6.45, 7) is 4.53. The summed E-state index contributed by atoms with van der Waals surface area (Å²) < 4.78 is 4.01. The lowest BCUT2D eigenvalue weighted by atomic mass is 10.1. The summed E-state index contributed by atoms with van der Waals surface area (Å²) in [5.74, 6) is 0. The van der Waals surface area contributed by atoms with Gasteiger partial charge in [-0.05, 0) is 25.7 Å². The molecule has 0 aliphatic heterocycles. The fraction of sp³-hybridized carbons (Fsp3) is 0.680. The van der Waals surface area contributed by atoms with Crippen LogP contribution in [0.1, 0.15) is 70.6 Å². The van der Waals surface area contributed by atoms with Crippen LogP contribution >= 0.6 is 0 Å². The molecule has 0 bridgehead atoms. The van der Waals surface area contributed by atoms with Crippen molar-refractivity contribution in [3.05, 3.63) is 37.4 Å². The summed E-state index contributed by atoms with van der Waals surface area (Å²) in [4.78, 5) is 31.5. The maximum atomic E-state index is 11.8. The third kappa shape index (κ3) is 15.5. The summed E-state index contributed by atoms with van der Waals surface area (Å²) in [6.07, 6.45) is 23.3. The van der Waals surface area contributed by atoms with E-state index in [0.29, 0.717) is 13.1 Å². The van der Waals surface area contributed by atoms with Gasteiger partial charge in [0.15, 0.2) is 0 Å². The molecule has 35 heavy (non-hydrogen) atoms. The van der Waals surface area contributed by atoms with Gasteiger partial charge in [-0.1, -0.05) is 44.9 Å². The molecule has 2 heterocycles. The van der Waals surface area contributed by atoms with Gasteiger partial charge in [0, 0.05) is 64.1 Å². The Morgan fingerprint density at radius 3 is 1.20 bits per heavy atom. The van der Waals surface area contributed by atoms with Crippen molar-refractivity contribution in [2.75, 3.05) is 26.2 Å². The number of aromatic nitrogens is 4. The van der Waals surface area contributed by atoms with Gasteiger partial charge in [-0.2, -0.15) is 0 Å². The Hall–Kier alpha value is -3.04. The molecule has 0 aromatic carbocycles. The molecular formula is C25H44N8O2. The van der Waals surface area contributed by atoms with Crippen molar-refractivity contribution in [3.63, 3.8) is 0 Å². The largest absolute Gasteiger partial charge is 0.338 e. The highest BCUT2D eigenvalue weighted by molar-refractivity contribution is 5.74. The van der Waals surface area contributed by atoms with Gasteiger partial charge < -0.3 is 30.4 Å². The number of amides is 4. The van der Waals surface area contributed by atoms with E-state index in [1.54, 1.807) is 25.0 Å². The molecule has 0 saturated heterocycles. The lowest BCUT2D eigenvalue weighted by Gasteiger charge is -2.08. The lowest BCUT2D eigenvalue weighted by Crippen LogP contribution is -2.36. The zero-order chi connectivity index (χ0) is 24.8. The van der Waals surface area contributed by atoms with Crippen molar-refractivity contribution in [2.24, 2.45) is 0 Å². The molecule has 0 aliphatic carbocycles. The van der Waals surface area contributed by atoms with Crippen LogP contribution in [-0.4, -0.2) is 57.3 Å². The van der Waals surface area contributed by atoms with E-state index in [-0.39, 0.29) is 12.1 Å². The SMILES string of the molecule is O=C(NCCCCCCCCCCCNC(=O)NCCCn1ccnc1)NCCCn1ccnc1. The fourth-order valence-corrected chi connectivity index (χ4v) is 3.78. The van der Waals surface area contributed by atoms with Gasteiger partial charge in [0.1, 0.15) is 0 Å². The Kier molecular flexibility index (Phi) is 15.5. The molecule has 4 N–H and O–H groups in total. The van der Waals surface area contributed by atoms with E-state index in [4.69, 9.17) is 0 Å². The molecule has 0 saturated carbocycles. The number of rotatable bonds is 20. The van der Waals surface area contributed by atoms with Gasteiger partial charge in [-0.3, -0.25) is 0 Å². The average Bonchev–Trinajstić information content (AvgIpc) is 3.57. The summed E-state index contributed by atoms with van der Waals surface area (Å²) in [5, 5.41) is 11.6. The number of nitrogens with one attached hydrogen (secondary N) is 4. The Morgan fingerprint density at radius 2 is 0.857 bits per heavy atom. The molecule has 0 radical (unpaired) electrons. The normalized spacial score (nSPS) is 10.7. The second-order valence-corrected chi connectivity index (χ2v) is 8.86. The topological polar surface area (TPSA) is 118 Å². The van der Waals surface area contributed by atoms with Crippen LogP contribution in [0, 0.1) is 0 Å². The highest BCUT2D eigenvalue weighted by Gasteiger charge is 2.00. The predicted molar refractivity (Wildman–Crippen MR) is 138 cm³/mol. The van der Waals surface area contributed by atoms with E-state index in [0.717, 1.165) is 64.7 Å². The van der Waals surface area contributed by atoms with Crippen LogP contribution in [0.25, 0.3) is 0 Å². The van der Waals surface area contributed by atoms with Crippen molar-refractivity contribution in [1.82, 2.24) is 40.4 Å². The Balaban J connectivity index is 1.24. The summed E-state index contributed by atoms with van der Waals surface area (Å²) in [7, 11) is 0. The van der Waals surface area contributed by atoms with Crippen LogP contribution in [0.5, 0.6) is 0 Å². The van der Waals surface area contributed by atoms with Crippen molar-refractivity contribution in [2.45, 2.75) is 83.7 Å². The van der Waals surface area contributed by atoms with Crippen LogP contribution in [-0.2, 0) is 13.1 Å². The second kappa shape index (κ2) is 19.3. The molecule has 10 nitrogen and oxygen atoms in total. The molecule has 0 spiro atoms. The molecule has 2 aromatic rings. The molecule has 2 aromatic heterocycles. The van der Waals surface area contributed by atoms with Gasteiger partial charge in [0.05, 0.1) is 12.7 Å². The van der Waals surface area contributed by atoms with Gasteiger partial charge in [0.2, 0.25) is 0 Å². The van der Waals surface area contributed by atoms with Gasteiger partial charge >= 0.3 is 12.1 Å². The molecule has 0 fully saturated rings. The second-order valence-electron chi connectivity index (χ2n) is 8.86. The van der Waals surface area contributed by atoms with E-state index >= 15 is 0 Å². The van der Waals surface area contributed by atoms with Crippen LogP contribution in [0.4, 0.5) is 9.59 Å². The molecule has 4 amide bonds. The summed E-state index contributed by atoms with van der Waals surface area (Å²) in [5.41, 5.74) is 0. The van der Waals surface area contributed by atoms with Crippen molar-refractivity contribution < 1.29 is 9.59 Å². The van der Waals surface area contributed by atoms with Crippen LogP contribution in [0.3, 0.4) is 0 Å². The monoisotopic (exact) mass is 488 g/mol. The van der Waals surface area contributed by atoms with Gasteiger partial charge in [-0.25, -0.2) is 19.6 Å². The Labute approximate surface area is 209 Å². The molecule has 0 unspecified atom stereocenters. The predicted octanol–water partition coefficient (Wildman–Crippen LogP) is 3.67. The first kappa shape index (κ1) is 28.2. The number of carbonyl (C=O) groups is 2. The fourth-order valence-electron chi connectivity index (χ4n) is 3.78. The maximum Gasteiger partial charge on any atom is 0.314 e. The lowest BCUT2D eigenvalue weighted by molar-refractivity contribution is 0.239. The van der Waals surface area contributed by atoms with E-state index in [1.807, 2.05) is 21.5 Å². The van der Waals surface area contributed by atoms with Gasteiger partial charge in [0.25, 0.3) is 0 Å². The number of hydrogen-bond acceptors (Lipinski definition) is 4. The first-order valence-electron chi connectivity index (χ1n) is 13.2. The molecule has 0 atom stereocenters. The number of aryl methyl sites for hydroxylation is 2. The number of urea groups is 2. The Morgan fingerprint density at radius 1 is 0.514 bits per heavy atom. The van der Waals surface area contributed by atoms with Crippen molar-refractivity contribution in [1.29, 1.82) is 0 Å². The van der Waals surface area contributed by atoms with Crippen molar-refractivity contribution >= 4 is 12.1 Å². The minimum absolute atomic E-state index is 0.0757. The zero-order valence-electron chi connectivity index (χ0n) is 21.1. The first-order chi connectivity index (χ1) is 17.2. The van der Waals surface area contributed by atoms with Gasteiger partial charge in [-0.15, -0.1) is 0 Å². The van der Waals surface area contributed by atoms with E-state index in [9.17, 15) is 9.59 Å². The highest BCUT2D eigenvalue weighted by Crippen LogP contribution is 2.09. The third-order valence-corrected chi connectivity index (χ3v) is 5.80. The number of hydrogen-bond donors (Lipinski definition) is 4. The Bertz CT molecular complexity index is 700. The van der Waals surface area contributed by atoms with Crippen molar-refractivity contribution in [3.8, 4) is 0 Å². The summed E-state index contributed by atoms with van der Waals surface area (Å²) in [6, 6.07) is -0.151. The zero-order valence-corrected chi connectivity index (χ0v) is 21.1. The minimum atomic E-state index is -0.0757. The van der Waals surface area contributed by atoms with E-state index in [1.165, 1.54) is 32.1 Å². The standard InChI is InChI=1S/C25H44N8O2/c34-24(30-14-10-18-32-20-16-26-22-32)28-12-8-6-4-2-1-3-5-7-9-13-29-25(35)31-15-11-19-33-21-17-27-23-33/h16-17,20-23H,1-15,18-19H2,(H2,28,30,34)(H2,29,31,35). The molecular weight excluding hydrogens is 444 g/mol. The molecule has 0 aliphatic rings. The molecule has 10 heteroatoms. The highest BCUT2D eigenvalue weighted by atomic mass is 16.2. The van der Waals surface area contributed by atoms with E-state index < -0.39 is 0 Å². The molecule has 2 rings (SSSR count). The van der Waals surface area contributed by atoms with Crippen LogP contribution in [0.15, 0.2) is 37.4 Å². The smallest absolute Gasteiger partial charge is 0.314 e. The molecule has 196 valence electrons. The number of nitrogens with zero attached hydrogens (tertiary/aromatic N) is 4. The van der Waals surface area contributed by atoms with E-state index in [2.05, 4.69) is 31.2 Å². The van der Waals surface area contributed by atoms with Crippen LogP contribution < -0.4 is 21.3 Å². The average molecular weight is 489 g/mol. The van der Waals surface area contributed by atoms with Crippen LogP contribution in [0.2, 0.25) is 0 Å². The number of imidazole rings is 2. The number of carbonyl (C=O) groups excluding carboxylic acids is 2. The third-order valence-electron chi connectivity index (χ3n) is 5.80.